The summed E-state index contributed by atoms with van der Waals surface area (Å²) in [5.41, 5.74) is 0.797. The third-order valence-corrected chi connectivity index (χ3v) is 3.02. The van der Waals surface area contributed by atoms with E-state index in [0.717, 1.165) is 5.69 Å². The van der Waals surface area contributed by atoms with Gasteiger partial charge in [-0.15, -0.1) is 0 Å². The molecule has 1 aromatic heterocycles. The fourth-order valence-electron chi connectivity index (χ4n) is 2.19. The van der Waals surface area contributed by atoms with Crippen LogP contribution >= 0.6 is 0 Å². The van der Waals surface area contributed by atoms with E-state index in [0.29, 0.717) is 0 Å². The zero-order chi connectivity index (χ0) is 12.6. The van der Waals surface area contributed by atoms with Crippen molar-refractivity contribution >= 4 is 11.9 Å². The number of rotatable bonds is 3. The number of aromatic nitrogens is 2. The third kappa shape index (κ3) is 2.02. The molecule has 0 saturated carbocycles. The van der Waals surface area contributed by atoms with Crippen molar-refractivity contribution in [3.05, 3.63) is 18.2 Å². The average Bonchev–Trinajstić information content (AvgIpc) is 2.82. The summed E-state index contributed by atoms with van der Waals surface area (Å²) >= 11 is 0. The Kier molecular flexibility index (Phi) is 2.87. The van der Waals surface area contributed by atoms with Crippen LogP contribution in [0.2, 0.25) is 0 Å². The van der Waals surface area contributed by atoms with Gasteiger partial charge in [0, 0.05) is 30.3 Å². The van der Waals surface area contributed by atoms with Crippen molar-refractivity contribution in [2.45, 2.75) is 38.3 Å². The smallest absolute Gasteiger partial charge is 0.326 e. The third-order valence-electron chi connectivity index (χ3n) is 3.02. The van der Waals surface area contributed by atoms with Crippen molar-refractivity contribution in [2.75, 3.05) is 0 Å². The van der Waals surface area contributed by atoms with Crippen LogP contribution in [0.25, 0.3) is 0 Å². The number of nitrogens with zero attached hydrogens (tertiary/aromatic N) is 2. The van der Waals surface area contributed by atoms with Crippen molar-refractivity contribution in [1.82, 2.24) is 14.9 Å². The highest BCUT2D eigenvalue weighted by molar-refractivity contribution is 5.89. The lowest BCUT2D eigenvalue weighted by Crippen LogP contribution is -2.36. The van der Waals surface area contributed by atoms with Crippen molar-refractivity contribution in [3.63, 3.8) is 0 Å². The maximum absolute atomic E-state index is 11.3. The average molecular weight is 237 g/mol. The molecule has 0 bridgehead atoms. The fourth-order valence-corrected chi connectivity index (χ4v) is 2.19. The number of carbonyl (C=O) groups is 2. The fraction of sp³-hybridized carbons (Fsp3) is 0.545. The summed E-state index contributed by atoms with van der Waals surface area (Å²) in [6, 6.07) is -0.658. The van der Waals surface area contributed by atoms with Gasteiger partial charge in [-0.1, -0.05) is 0 Å². The number of nitrogens with one attached hydrogen (secondary N) is 1. The monoisotopic (exact) mass is 237 g/mol. The van der Waals surface area contributed by atoms with Crippen LogP contribution in [-0.2, 0) is 9.59 Å². The van der Waals surface area contributed by atoms with Gasteiger partial charge in [-0.25, -0.2) is 9.78 Å². The lowest BCUT2D eigenvalue weighted by atomic mass is 9.97. The first kappa shape index (κ1) is 11.6. The maximum Gasteiger partial charge on any atom is 0.326 e. The number of carboxylic acids is 1. The van der Waals surface area contributed by atoms with E-state index in [4.69, 9.17) is 5.11 Å². The van der Waals surface area contributed by atoms with Crippen LogP contribution in [0.3, 0.4) is 0 Å². The summed E-state index contributed by atoms with van der Waals surface area (Å²) in [5.74, 6) is -1.57. The number of amides is 1. The van der Waals surface area contributed by atoms with E-state index in [1.165, 1.54) is 0 Å². The number of carboxylic acid groups (broad SMARTS) is 1. The van der Waals surface area contributed by atoms with E-state index < -0.39 is 12.0 Å². The quantitative estimate of drug-likeness (QED) is 0.802. The molecule has 17 heavy (non-hydrogen) atoms. The Morgan fingerprint density at radius 2 is 2.35 bits per heavy atom. The van der Waals surface area contributed by atoms with Crippen LogP contribution < -0.4 is 5.32 Å². The Bertz CT molecular complexity index is 453. The van der Waals surface area contributed by atoms with Gasteiger partial charge in [0.1, 0.15) is 6.04 Å². The number of hydrogen-bond donors (Lipinski definition) is 2. The first-order chi connectivity index (χ1) is 8.00. The van der Waals surface area contributed by atoms with Gasteiger partial charge in [-0.05, 0) is 13.8 Å². The van der Waals surface area contributed by atoms with Gasteiger partial charge in [0.25, 0.3) is 0 Å². The molecule has 1 saturated heterocycles. The minimum atomic E-state index is -1.00. The zero-order valence-corrected chi connectivity index (χ0v) is 9.75. The molecule has 2 N–H and O–H groups in total. The van der Waals surface area contributed by atoms with Crippen LogP contribution in [0.1, 0.15) is 37.9 Å². The predicted octanol–water partition coefficient (Wildman–Crippen LogP) is 0.521. The van der Waals surface area contributed by atoms with Gasteiger partial charge in [0.2, 0.25) is 5.91 Å². The highest BCUT2D eigenvalue weighted by Crippen LogP contribution is 2.29. The second kappa shape index (κ2) is 4.20. The molecule has 0 aliphatic carbocycles. The molecule has 6 heteroatoms. The molecule has 2 rings (SSSR count). The molecule has 0 radical (unpaired) electrons. The topological polar surface area (TPSA) is 84.2 Å². The molecule has 2 unspecified atom stereocenters. The van der Waals surface area contributed by atoms with E-state index in [1.807, 2.05) is 18.4 Å². The SMILES string of the molecule is CC(C)n1cncc1C1CC(=O)NC1C(=O)O. The van der Waals surface area contributed by atoms with E-state index in [1.54, 1.807) is 12.5 Å². The predicted molar refractivity (Wildman–Crippen MR) is 59.5 cm³/mol. The van der Waals surface area contributed by atoms with Crippen molar-refractivity contribution in [2.24, 2.45) is 0 Å². The highest BCUT2D eigenvalue weighted by atomic mass is 16.4. The van der Waals surface area contributed by atoms with Gasteiger partial charge in [-0.2, -0.15) is 0 Å². The Morgan fingerprint density at radius 1 is 1.65 bits per heavy atom. The molecular formula is C11H15N3O3. The molecule has 1 fully saturated rings. The van der Waals surface area contributed by atoms with Crippen LogP contribution in [0, 0.1) is 0 Å². The van der Waals surface area contributed by atoms with Gasteiger partial charge in [0.15, 0.2) is 0 Å². The minimum absolute atomic E-state index is 0.192. The lowest BCUT2D eigenvalue weighted by molar-refractivity contribution is -0.140. The number of aliphatic carboxylic acids is 1. The first-order valence-corrected chi connectivity index (χ1v) is 5.54. The van der Waals surface area contributed by atoms with Gasteiger partial charge >= 0.3 is 5.97 Å². The van der Waals surface area contributed by atoms with Crippen molar-refractivity contribution < 1.29 is 14.7 Å². The molecular weight excluding hydrogens is 222 g/mol. The standard InChI is InChI=1S/C11H15N3O3/c1-6(2)14-5-12-4-8(14)7-3-9(15)13-10(7)11(16)17/h4-7,10H,3H2,1-2H3,(H,13,15)(H,16,17). The van der Waals surface area contributed by atoms with E-state index in [9.17, 15) is 9.59 Å². The van der Waals surface area contributed by atoms with E-state index in [-0.39, 0.29) is 24.3 Å². The van der Waals surface area contributed by atoms with E-state index in [2.05, 4.69) is 10.3 Å². The summed E-state index contributed by atoms with van der Waals surface area (Å²) < 4.78 is 1.90. The van der Waals surface area contributed by atoms with Gasteiger partial charge in [0.05, 0.1) is 6.33 Å². The Hall–Kier alpha value is -1.85. The van der Waals surface area contributed by atoms with Crippen molar-refractivity contribution in [1.29, 1.82) is 0 Å². The highest BCUT2D eigenvalue weighted by Gasteiger charge is 2.40. The van der Waals surface area contributed by atoms with E-state index >= 15 is 0 Å². The molecule has 1 aromatic rings. The summed E-state index contributed by atoms with van der Waals surface area (Å²) in [4.78, 5) is 26.5. The van der Waals surface area contributed by atoms with Crippen molar-refractivity contribution in [3.8, 4) is 0 Å². The first-order valence-electron chi connectivity index (χ1n) is 5.54. The Morgan fingerprint density at radius 3 is 2.94 bits per heavy atom. The zero-order valence-electron chi connectivity index (χ0n) is 9.75. The largest absolute Gasteiger partial charge is 0.480 e. The second-order valence-corrected chi connectivity index (χ2v) is 4.51. The molecule has 0 aromatic carbocycles. The number of imidazole rings is 1. The minimum Gasteiger partial charge on any atom is -0.480 e. The maximum atomic E-state index is 11.3. The van der Waals surface area contributed by atoms with Gasteiger partial charge < -0.3 is 15.0 Å². The Balaban J connectivity index is 2.35. The summed E-state index contributed by atoms with van der Waals surface area (Å²) in [7, 11) is 0. The number of carbonyl (C=O) groups excluding carboxylic acids is 1. The second-order valence-electron chi connectivity index (χ2n) is 4.51. The molecule has 0 spiro atoms. The molecule has 2 heterocycles. The normalized spacial score (nSPS) is 24.1. The number of hydrogen-bond acceptors (Lipinski definition) is 3. The summed E-state index contributed by atoms with van der Waals surface area (Å²) in [6.07, 6.45) is 3.51. The lowest BCUT2D eigenvalue weighted by Gasteiger charge is -2.18. The summed E-state index contributed by atoms with van der Waals surface area (Å²) in [5, 5.41) is 11.6. The van der Waals surface area contributed by atoms with Crippen LogP contribution in [0.5, 0.6) is 0 Å². The Labute approximate surface area is 98.7 Å². The molecule has 6 nitrogen and oxygen atoms in total. The van der Waals surface area contributed by atoms with Crippen LogP contribution in [0.4, 0.5) is 0 Å². The van der Waals surface area contributed by atoms with Crippen LogP contribution in [-0.4, -0.2) is 32.6 Å². The molecule has 2 atom stereocenters. The van der Waals surface area contributed by atoms with Crippen LogP contribution in [0.15, 0.2) is 12.5 Å². The molecule has 1 amide bonds. The molecule has 1 aliphatic rings. The summed E-state index contributed by atoms with van der Waals surface area (Å²) in [6.45, 7) is 3.98. The molecule has 1 aliphatic heterocycles. The van der Waals surface area contributed by atoms with Gasteiger partial charge in [-0.3, -0.25) is 4.79 Å². The molecule has 92 valence electrons.